The molecular weight excluding hydrogens is 270 g/mol. The maximum absolute atomic E-state index is 11.0. The van der Waals surface area contributed by atoms with Gasteiger partial charge in [0.25, 0.3) is 0 Å². The van der Waals surface area contributed by atoms with Crippen LogP contribution in [-0.2, 0) is 0 Å². The number of carboxylic acids is 1. The number of nitrogens with zero attached hydrogens (tertiary/aromatic N) is 3. The fourth-order valence-corrected chi connectivity index (χ4v) is 1.96. The van der Waals surface area contributed by atoms with E-state index in [1.807, 2.05) is 0 Å². The fourth-order valence-electron chi connectivity index (χ4n) is 1.96. The molecule has 3 rings (SSSR count). The van der Waals surface area contributed by atoms with E-state index < -0.39 is 5.97 Å². The van der Waals surface area contributed by atoms with E-state index in [0.29, 0.717) is 17.0 Å². The third-order valence-corrected chi connectivity index (χ3v) is 3.06. The first-order valence-corrected chi connectivity index (χ1v) is 6.04. The van der Waals surface area contributed by atoms with Crippen molar-refractivity contribution in [2.24, 2.45) is 0 Å². The third kappa shape index (κ3) is 2.20. The Balaban J connectivity index is 2.09. The van der Waals surface area contributed by atoms with Gasteiger partial charge in [-0.3, -0.25) is 4.98 Å². The van der Waals surface area contributed by atoms with Crippen molar-refractivity contribution in [2.45, 2.75) is 0 Å². The second-order valence-electron chi connectivity index (χ2n) is 4.42. The van der Waals surface area contributed by atoms with Crippen molar-refractivity contribution in [3.05, 3.63) is 54.3 Å². The van der Waals surface area contributed by atoms with E-state index >= 15 is 0 Å². The predicted molar refractivity (Wildman–Crippen MR) is 77.6 cm³/mol. The number of aromatic nitrogens is 4. The number of fused-ring (bicyclic) bond motifs is 1. The fraction of sp³-hybridized carbons (Fsp3) is 0. The van der Waals surface area contributed by atoms with Gasteiger partial charge >= 0.3 is 5.97 Å². The molecule has 0 saturated heterocycles. The van der Waals surface area contributed by atoms with Gasteiger partial charge < -0.3 is 15.8 Å². The molecule has 4 N–H and O–H groups in total. The molecule has 0 bridgehead atoms. The maximum atomic E-state index is 11.0. The lowest BCUT2D eigenvalue weighted by Crippen LogP contribution is -2.04. The van der Waals surface area contributed by atoms with E-state index in [0.717, 1.165) is 11.0 Å². The van der Waals surface area contributed by atoms with Crippen molar-refractivity contribution in [1.82, 2.24) is 19.9 Å². The minimum atomic E-state index is -1.08. The quantitative estimate of drug-likeness (QED) is 0.672. The second kappa shape index (κ2) is 4.71. The predicted octanol–water partition coefficient (Wildman–Crippen LogP) is 1.69. The molecule has 0 unspecified atom stereocenters. The Morgan fingerprint density at radius 1 is 1.38 bits per heavy atom. The molecule has 0 saturated carbocycles. The number of aromatic amines is 1. The Morgan fingerprint density at radius 3 is 2.90 bits per heavy atom. The van der Waals surface area contributed by atoms with E-state index in [9.17, 15) is 4.79 Å². The van der Waals surface area contributed by atoms with Crippen molar-refractivity contribution in [3.63, 3.8) is 0 Å². The highest BCUT2D eigenvalue weighted by Gasteiger charge is 2.14. The summed E-state index contributed by atoms with van der Waals surface area (Å²) in [5.74, 6) is -0.386. The largest absolute Gasteiger partial charge is 0.478 e. The maximum Gasteiger partial charge on any atom is 0.337 e. The molecule has 0 atom stereocenters. The molecule has 0 amide bonds. The molecule has 3 aromatic heterocycles. The highest BCUT2D eigenvalue weighted by atomic mass is 16.4. The van der Waals surface area contributed by atoms with Crippen molar-refractivity contribution in [3.8, 4) is 0 Å². The Hall–Kier alpha value is -3.22. The van der Waals surface area contributed by atoms with E-state index in [1.165, 1.54) is 12.3 Å². The van der Waals surface area contributed by atoms with E-state index in [2.05, 4.69) is 26.5 Å². The average molecular weight is 281 g/mol. The van der Waals surface area contributed by atoms with Gasteiger partial charge in [0, 0.05) is 23.5 Å². The lowest BCUT2D eigenvalue weighted by Gasteiger charge is -2.07. The zero-order chi connectivity index (χ0) is 15.0. The molecule has 0 aliphatic heterocycles. The monoisotopic (exact) mass is 281 g/mol. The van der Waals surface area contributed by atoms with Crippen LogP contribution in [0.3, 0.4) is 0 Å². The summed E-state index contributed by atoms with van der Waals surface area (Å²) in [6.45, 7) is 3.92. The average Bonchev–Trinajstić information content (AvgIpc) is 2.90. The number of rotatable bonds is 3. The van der Waals surface area contributed by atoms with Crippen molar-refractivity contribution in [2.75, 3.05) is 5.73 Å². The summed E-state index contributed by atoms with van der Waals surface area (Å²) < 4.78 is 0. The Bertz CT molecular complexity index is 836. The molecule has 3 heterocycles. The van der Waals surface area contributed by atoms with E-state index in [1.54, 1.807) is 18.5 Å². The van der Waals surface area contributed by atoms with Gasteiger partial charge in [-0.15, -0.1) is 0 Å². The number of hydrogen-bond acceptors (Lipinski definition) is 5. The Labute approximate surface area is 119 Å². The van der Waals surface area contributed by atoms with Gasteiger partial charge in [0.05, 0.1) is 22.8 Å². The first-order chi connectivity index (χ1) is 10.1. The summed E-state index contributed by atoms with van der Waals surface area (Å²) in [5.41, 5.74) is 8.24. The molecular formula is C14H11N5O2. The molecule has 104 valence electrons. The van der Waals surface area contributed by atoms with Crippen LogP contribution < -0.4 is 5.73 Å². The van der Waals surface area contributed by atoms with Crippen LogP contribution in [0.25, 0.3) is 16.6 Å². The number of aromatic carboxylic acids is 1. The number of nitrogens with one attached hydrogen (secondary N) is 1. The molecule has 0 spiro atoms. The van der Waals surface area contributed by atoms with Gasteiger partial charge in [0.1, 0.15) is 11.6 Å². The van der Waals surface area contributed by atoms with Crippen molar-refractivity contribution < 1.29 is 9.90 Å². The SMILES string of the molecule is C=C(c1nc2ccncc2[nH]1)c1cc(C(=O)O)cnc1N. The van der Waals surface area contributed by atoms with Crippen LogP contribution >= 0.6 is 0 Å². The summed E-state index contributed by atoms with van der Waals surface area (Å²) in [6, 6.07) is 3.19. The highest BCUT2D eigenvalue weighted by Crippen LogP contribution is 2.25. The molecule has 0 aliphatic carbocycles. The van der Waals surface area contributed by atoms with Crippen LogP contribution in [0.2, 0.25) is 0 Å². The van der Waals surface area contributed by atoms with Gasteiger partial charge in [-0.05, 0) is 12.1 Å². The van der Waals surface area contributed by atoms with Gasteiger partial charge in [0.15, 0.2) is 0 Å². The van der Waals surface area contributed by atoms with E-state index in [4.69, 9.17) is 10.8 Å². The number of nitrogens with two attached hydrogens (primary N) is 1. The molecule has 7 nitrogen and oxygen atoms in total. The zero-order valence-electron chi connectivity index (χ0n) is 10.9. The first kappa shape index (κ1) is 12.8. The number of imidazole rings is 1. The molecule has 0 radical (unpaired) electrons. The van der Waals surface area contributed by atoms with Gasteiger partial charge in [-0.25, -0.2) is 14.8 Å². The van der Waals surface area contributed by atoms with Gasteiger partial charge in [0.2, 0.25) is 0 Å². The summed E-state index contributed by atoms with van der Waals surface area (Å²) in [4.78, 5) is 26.3. The Kier molecular flexibility index (Phi) is 2.87. The molecule has 7 heteroatoms. The number of nitrogen functional groups attached to an aromatic ring is 1. The zero-order valence-corrected chi connectivity index (χ0v) is 10.9. The molecule has 0 aliphatic rings. The minimum Gasteiger partial charge on any atom is -0.478 e. The lowest BCUT2D eigenvalue weighted by atomic mass is 10.1. The smallest absolute Gasteiger partial charge is 0.337 e. The molecule has 3 aromatic rings. The van der Waals surface area contributed by atoms with Gasteiger partial charge in [-0.1, -0.05) is 6.58 Å². The summed E-state index contributed by atoms with van der Waals surface area (Å²) in [7, 11) is 0. The number of carboxylic acid groups (broad SMARTS) is 1. The number of hydrogen-bond donors (Lipinski definition) is 3. The first-order valence-electron chi connectivity index (χ1n) is 6.04. The highest BCUT2D eigenvalue weighted by molar-refractivity contribution is 5.91. The van der Waals surface area contributed by atoms with Crippen LogP contribution in [0.4, 0.5) is 5.82 Å². The summed E-state index contributed by atoms with van der Waals surface area (Å²) >= 11 is 0. The molecule has 21 heavy (non-hydrogen) atoms. The number of carbonyl (C=O) groups is 1. The van der Waals surface area contributed by atoms with Gasteiger partial charge in [-0.2, -0.15) is 0 Å². The summed E-state index contributed by atoms with van der Waals surface area (Å²) in [5, 5.41) is 9.02. The minimum absolute atomic E-state index is 0.0399. The lowest BCUT2D eigenvalue weighted by molar-refractivity contribution is 0.0696. The van der Waals surface area contributed by atoms with Crippen LogP contribution in [0.5, 0.6) is 0 Å². The number of anilines is 1. The van der Waals surface area contributed by atoms with Crippen LogP contribution in [-0.4, -0.2) is 31.0 Å². The summed E-state index contributed by atoms with van der Waals surface area (Å²) in [6.07, 6.45) is 4.49. The van der Waals surface area contributed by atoms with Crippen molar-refractivity contribution in [1.29, 1.82) is 0 Å². The Morgan fingerprint density at radius 2 is 2.19 bits per heavy atom. The number of pyridine rings is 2. The van der Waals surface area contributed by atoms with Crippen LogP contribution in [0.15, 0.2) is 37.3 Å². The number of H-pyrrole nitrogens is 1. The topological polar surface area (TPSA) is 118 Å². The second-order valence-corrected chi connectivity index (χ2v) is 4.42. The molecule has 0 aromatic carbocycles. The normalized spacial score (nSPS) is 10.7. The molecule has 0 fully saturated rings. The third-order valence-electron chi connectivity index (χ3n) is 3.06. The van der Waals surface area contributed by atoms with Crippen LogP contribution in [0, 0.1) is 0 Å². The van der Waals surface area contributed by atoms with E-state index in [-0.39, 0.29) is 11.4 Å². The standard InChI is InChI=1S/C14H11N5O2/c1-7(9-4-8(14(20)21)5-17-12(9)15)13-18-10-2-3-16-6-11(10)19-13/h2-6H,1H2,(H2,15,17)(H,18,19)(H,20,21). The van der Waals surface area contributed by atoms with Crippen LogP contribution in [0.1, 0.15) is 21.7 Å². The van der Waals surface area contributed by atoms with Crippen molar-refractivity contribution >= 4 is 28.4 Å².